The van der Waals surface area contributed by atoms with E-state index in [-0.39, 0.29) is 23.3 Å². The van der Waals surface area contributed by atoms with Gasteiger partial charge in [-0.25, -0.2) is 18.5 Å². The summed E-state index contributed by atoms with van der Waals surface area (Å²) in [5.41, 5.74) is 1.52. The van der Waals surface area contributed by atoms with Crippen LogP contribution in [0.25, 0.3) is 0 Å². The number of thiazole rings is 1. The van der Waals surface area contributed by atoms with Crippen LogP contribution in [0.1, 0.15) is 16.4 Å². The number of fused-ring (bicyclic) bond motifs is 2. The Balaban J connectivity index is 1.37. The number of amides is 3. The quantitative estimate of drug-likeness (QED) is 0.293. The van der Waals surface area contributed by atoms with Gasteiger partial charge in [0.25, 0.3) is 0 Å². The van der Waals surface area contributed by atoms with Crippen LogP contribution in [0.3, 0.4) is 0 Å². The summed E-state index contributed by atoms with van der Waals surface area (Å²) in [6.45, 7) is -0.355. The number of imide groups is 1. The Morgan fingerprint density at radius 3 is 2.26 bits per heavy atom. The molecule has 1 fully saturated rings. The van der Waals surface area contributed by atoms with Gasteiger partial charge in [-0.1, -0.05) is 53.4 Å². The second-order valence-corrected chi connectivity index (χ2v) is 13.6. The Kier molecular flexibility index (Phi) is 7.46. The number of nitrogens with two attached hydrogens (primary N) is 1. The largest absolute Gasteiger partial charge is 0.497 e. The number of sulfonamides is 1. The maximum Gasteiger partial charge on any atom is 0.308 e. The first-order valence-electron chi connectivity index (χ1n) is 13.0. The molecule has 2 aliphatic rings. The molecule has 0 bridgehead atoms. The summed E-state index contributed by atoms with van der Waals surface area (Å²) in [6.07, 6.45) is 0. The molecular formula is C29H24N4O7S3. The monoisotopic (exact) mass is 636 g/mol. The predicted octanol–water partition coefficient (Wildman–Crippen LogP) is 3.00. The van der Waals surface area contributed by atoms with E-state index in [9.17, 15) is 27.6 Å². The standard InChI is InChI=1S/C29H24N4O7S3/c1-40-19-11-7-16(8-12-19)22-23-24(27(36)33(26(23)35)18-5-3-2-4-6-18)41-28-25(22)42-29(37)32(28)15-21(34)31-17-9-13-20(14-10-17)43(30,38)39/h2-14,22-24H,15H2,1H3,(H,31,34)(H2,30,38,39)/t22-,23-,24+/m0/s1. The molecule has 4 aromatic rings. The van der Waals surface area contributed by atoms with Crippen molar-refractivity contribution < 1.29 is 27.5 Å². The predicted molar refractivity (Wildman–Crippen MR) is 162 cm³/mol. The van der Waals surface area contributed by atoms with Crippen molar-refractivity contribution in [3.8, 4) is 5.75 Å². The highest BCUT2D eigenvalue weighted by Gasteiger charge is 2.56. The van der Waals surface area contributed by atoms with E-state index in [1.165, 1.54) is 33.7 Å². The number of benzene rings is 3. The van der Waals surface area contributed by atoms with Crippen LogP contribution < -0.4 is 25.0 Å². The Bertz CT molecular complexity index is 1900. The number of para-hydroxylation sites is 1. The molecule has 14 heteroatoms. The average Bonchev–Trinajstić information content (AvgIpc) is 3.43. The van der Waals surface area contributed by atoms with Gasteiger partial charge < -0.3 is 10.1 Å². The smallest absolute Gasteiger partial charge is 0.308 e. The number of hydrogen-bond donors (Lipinski definition) is 2. The minimum Gasteiger partial charge on any atom is -0.497 e. The molecule has 3 atom stereocenters. The van der Waals surface area contributed by atoms with E-state index in [1.54, 1.807) is 49.6 Å². The molecule has 0 radical (unpaired) electrons. The lowest BCUT2D eigenvalue weighted by Crippen LogP contribution is -2.33. The highest BCUT2D eigenvalue weighted by Crippen LogP contribution is 2.54. The van der Waals surface area contributed by atoms with Gasteiger partial charge in [0.15, 0.2) is 0 Å². The van der Waals surface area contributed by atoms with Gasteiger partial charge in [0.2, 0.25) is 27.7 Å². The molecule has 6 rings (SSSR count). The number of nitrogens with one attached hydrogen (secondary N) is 1. The number of ether oxygens (including phenoxy) is 1. The summed E-state index contributed by atoms with van der Waals surface area (Å²) < 4.78 is 29.7. The van der Waals surface area contributed by atoms with Gasteiger partial charge in [-0.2, -0.15) is 0 Å². The van der Waals surface area contributed by atoms with Crippen LogP contribution in [0, 0.1) is 5.92 Å². The summed E-state index contributed by atoms with van der Waals surface area (Å²) in [5, 5.41) is 7.43. The van der Waals surface area contributed by atoms with Gasteiger partial charge in [0.1, 0.15) is 17.5 Å². The molecule has 3 heterocycles. The Morgan fingerprint density at radius 1 is 0.953 bits per heavy atom. The topological polar surface area (TPSA) is 158 Å². The summed E-state index contributed by atoms with van der Waals surface area (Å²) in [4.78, 5) is 55.3. The second kappa shape index (κ2) is 11.1. The summed E-state index contributed by atoms with van der Waals surface area (Å²) in [6, 6.07) is 21.2. The van der Waals surface area contributed by atoms with E-state index >= 15 is 0 Å². The van der Waals surface area contributed by atoms with Crippen molar-refractivity contribution in [2.75, 3.05) is 17.3 Å². The van der Waals surface area contributed by atoms with Crippen molar-refractivity contribution in [1.29, 1.82) is 0 Å². The Labute approximate surface area is 254 Å². The molecule has 0 spiro atoms. The number of nitrogens with zero attached hydrogens (tertiary/aromatic N) is 2. The molecule has 3 amide bonds. The van der Waals surface area contributed by atoms with Crippen LogP contribution in [-0.4, -0.2) is 43.1 Å². The molecular weight excluding hydrogens is 613 g/mol. The number of carbonyl (C=O) groups excluding carboxylic acids is 3. The fourth-order valence-electron chi connectivity index (χ4n) is 5.33. The zero-order valence-corrected chi connectivity index (χ0v) is 24.9. The van der Waals surface area contributed by atoms with Gasteiger partial charge in [-0.05, 0) is 54.1 Å². The van der Waals surface area contributed by atoms with E-state index in [4.69, 9.17) is 9.88 Å². The van der Waals surface area contributed by atoms with Crippen LogP contribution in [0.15, 0.2) is 93.6 Å². The number of carbonyl (C=O) groups is 3. The normalized spacial score (nSPS) is 19.6. The zero-order chi connectivity index (χ0) is 30.5. The summed E-state index contributed by atoms with van der Waals surface area (Å²) >= 11 is 2.07. The minimum absolute atomic E-state index is 0.107. The molecule has 0 unspecified atom stereocenters. The fourth-order valence-corrected chi connectivity index (χ4v) is 8.62. The summed E-state index contributed by atoms with van der Waals surface area (Å²) in [5.74, 6) is -2.03. The lowest BCUT2D eigenvalue weighted by molar-refractivity contribution is -0.122. The van der Waals surface area contributed by atoms with Crippen molar-refractivity contribution in [3.05, 3.63) is 99.0 Å². The van der Waals surface area contributed by atoms with Crippen LogP contribution in [0.4, 0.5) is 11.4 Å². The van der Waals surface area contributed by atoms with Crippen LogP contribution in [0.5, 0.6) is 5.75 Å². The van der Waals surface area contributed by atoms with Crippen molar-refractivity contribution in [1.82, 2.24) is 4.57 Å². The average molecular weight is 637 g/mol. The SMILES string of the molecule is COc1ccc([C@@H]2c3sc(=O)n(CC(=O)Nc4ccc(S(N)(=O)=O)cc4)c3S[C@H]3C(=O)N(c4ccccc4)C(=O)[C@@H]23)cc1. The first-order chi connectivity index (χ1) is 20.6. The van der Waals surface area contributed by atoms with E-state index in [0.717, 1.165) is 28.7 Å². The minimum atomic E-state index is -3.90. The van der Waals surface area contributed by atoms with Crippen LogP contribution >= 0.6 is 23.1 Å². The molecule has 1 saturated heterocycles. The second-order valence-electron chi connectivity index (χ2n) is 9.90. The van der Waals surface area contributed by atoms with Crippen LogP contribution in [-0.2, 0) is 31.0 Å². The van der Waals surface area contributed by atoms with E-state index in [0.29, 0.717) is 27.0 Å². The van der Waals surface area contributed by atoms with Gasteiger partial charge in [0.05, 0.1) is 28.6 Å². The summed E-state index contributed by atoms with van der Waals surface area (Å²) in [7, 11) is -2.35. The molecule has 43 heavy (non-hydrogen) atoms. The Morgan fingerprint density at radius 2 is 1.63 bits per heavy atom. The zero-order valence-electron chi connectivity index (χ0n) is 22.5. The maximum absolute atomic E-state index is 13.9. The molecule has 2 aliphatic heterocycles. The lowest BCUT2D eigenvalue weighted by atomic mass is 9.83. The van der Waals surface area contributed by atoms with Gasteiger partial charge in [-0.15, -0.1) is 0 Å². The molecule has 220 valence electrons. The lowest BCUT2D eigenvalue weighted by Gasteiger charge is -2.30. The molecule has 0 saturated carbocycles. The first-order valence-corrected chi connectivity index (χ1v) is 16.2. The third-order valence-electron chi connectivity index (χ3n) is 7.31. The maximum atomic E-state index is 13.9. The highest BCUT2D eigenvalue weighted by atomic mass is 32.2. The number of primary sulfonamides is 1. The van der Waals surface area contributed by atoms with Crippen molar-refractivity contribution in [2.45, 2.75) is 27.6 Å². The van der Waals surface area contributed by atoms with Crippen molar-refractivity contribution in [2.24, 2.45) is 11.1 Å². The van der Waals surface area contributed by atoms with E-state index in [1.807, 2.05) is 12.1 Å². The van der Waals surface area contributed by atoms with Gasteiger partial charge >= 0.3 is 4.87 Å². The highest BCUT2D eigenvalue weighted by molar-refractivity contribution is 8.00. The molecule has 0 aliphatic carbocycles. The number of methoxy groups -OCH3 is 1. The fraction of sp³-hybridized carbons (Fsp3) is 0.172. The van der Waals surface area contributed by atoms with Crippen molar-refractivity contribution >= 4 is 62.2 Å². The van der Waals surface area contributed by atoms with Gasteiger partial charge in [0, 0.05) is 16.5 Å². The number of rotatable bonds is 7. The Hall–Kier alpha value is -4.24. The third-order valence-corrected chi connectivity index (χ3v) is 10.8. The van der Waals surface area contributed by atoms with Crippen molar-refractivity contribution in [3.63, 3.8) is 0 Å². The third kappa shape index (κ3) is 5.27. The molecule has 1 aromatic heterocycles. The van der Waals surface area contributed by atoms with E-state index < -0.39 is 37.9 Å². The number of aromatic nitrogens is 1. The molecule has 3 N–H and O–H groups in total. The number of thioether (sulfide) groups is 1. The van der Waals surface area contributed by atoms with Crippen LogP contribution in [0.2, 0.25) is 0 Å². The van der Waals surface area contributed by atoms with Gasteiger partial charge in [-0.3, -0.25) is 23.7 Å². The number of anilines is 2. The molecule has 11 nitrogen and oxygen atoms in total. The first kappa shape index (κ1) is 28.9. The molecule has 3 aromatic carbocycles. The number of hydrogen-bond acceptors (Lipinski definition) is 9. The van der Waals surface area contributed by atoms with E-state index in [2.05, 4.69) is 5.32 Å².